The van der Waals surface area contributed by atoms with Crippen molar-refractivity contribution in [2.45, 2.75) is 45.8 Å². The number of carbonyl (C=O) groups excluding carboxylic acids is 1. The van der Waals surface area contributed by atoms with Crippen LogP contribution in [0.3, 0.4) is 0 Å². The van der Waals surface area contributed by atoms with Crippen LogP contribution in [0.2, 0.25) is 0 Å². The van der Waals surface area contributed by atoms with Crippen LogP contribution in [0.5, 0.6) is 0 Å². The van der Waals surface area contributed by atoms with E-state index in [1.807, 2.05) is 25.7 Å². The normalized spacial score (nSPS) is 17.1. The van der Waals surface area contributed by atoms with Gasteiger partial charge in [-0.2, -0.15) is 0 Å². The molecule has 0 radical (unpaired) electrons. The van der Waals surface area contributed by atoms with Gasteiger partial charge in [-0.15, -0.1) is 0 Å². The Morgan fingerprint density at radius 3 is 2.48 bits per heavy atom. The number of piperidine rings is 1. The van der Waals surface area contributed by atoms with Gasteiger partial charge in [0, 0.05) is 31.6 Å². The van der Waals surface area contributed by atoms with Gasteiger partial charge in [-0.1, -0.05) is 26.0 Å². The van der Waals surface area contributed by atoms with Crippen LogP contribution in [-0.4, -0.2) is 54.1 Å². The summed E-state index contributed by atoms with van der Waals surface area (Å²) in [5.74, 6) is 0.553. The molecule has 6 nitrogen and oxygen atoms in total. The second kappa shape index (κ2) is 10.3. The Hall–Kier alpha value is -2.15. The van der Waals surface area contributed by atoms with E-state index in [1.165, 1.54) is 12.1 Å². The fourth-order valence-electron chi connectivity index (χ4n) is 3.09. The van der Waals surface area contributed by atoms with Gasteiger partial charge in [0.15, 0.2) is 5.96 Å². The SMILES string of the molecule is CCNC(=NCC(O)c1ccc(F)cc1)NC1CCN(C(=O)C(C)C)CC1. The predicted octanol–water partition coefficient (Wildman–Crippen LogP) is 2.06. The number of hydrogen-bond donors (Lipinski definition) is 3. The second-order valence-electron chi connectivity index (χ2n) is 7.19. The van der Waals surface area contributed by atoms with Gasteiger partial charge in [0.1, 0.15) is 5.82 Å². The minimum absolute atomic E-state index is 0.0290. The Bertz CT molecular complexity index is 625. The van der Waals surface area contributed by atoms with E-state index >= 15 is 0 Å². The summed E-state index contributed by atoms with van der Waals surface area (Å²) in [4.78, 5) is 18.5. The lowest BCUT2D eigenvalue weighted by molar-refractivity contribution is -0.135. The van der Waals surface area contributed by atoms with Crippen LogP contribution in [0.15, 0.2) is 29.3 Å². The molecule has 2 rings (SSSR count). The maximum atomic E-state index is 13.0. The summed E-state index contributed by atoms with van der Waals surface area (Å²) in [7, 11) is 0. The first-order valence-electron chi connectivity index (χ1n) is 9.67. The molecule has 1 aromatic rings. The molecule has 1 amide bonds. The number of aliphatic imine (C=N–C) groups is 1. The molecule has 1 heterocycles. The molecule has 3 N–H and O–H groups in total. The first kappa shape index (κ1) is 21.2. The minimum atomic E-state index is -0.786. The van der Waals surface area contributed by atoms with E-state index in [-0.39, 0.29) is 30.2 Å². The Kier molecular flexibility index (Phi) is 8.03. The van der Waals surface area contributed by atoms with Gasteiger partial charge in [-0.05, 0) is 37.5 Å². The van der Waals surface area contributed by atoms with Gasteiger partial charge >= 0.3 is 0 Å². The highest BCUT2D eigenvalue weighted by atomic mass is 19.1. The number of aliphatic hydroxyl groups is 1. The maximum Gasteiger partial charge on any atom is 0.225 e. The average Bonchev–Trinajstić information content (AvgIpc) is 2.66. The van der Waals surface area contributed by atoms with Crippen LogP contribution >= 0.6 is 0 Å². The van der Waals surface area contributed by atoms with Crippen molar-refractivity contribution in [1.82, 2.24) is 15.5 Å². The van der Waals surface area contributed by atoms with Crippen LogP contribution in [0.1, 0.15) is 45.3 Å². The summed E-state index contributed by atoms with van der Waals surface area (Å²) < 4.78 is 13.0. The summed E-state index contributed by atoms with van der Waals surface area (Å²) in [5, 5.41) is 16.8. The number of nitrogens with zero attached hydrogens (tertiary/aromatic N) is 2. The first-order chi connectivity index (χ1) is 12.9. The minimum Gasteiger partial charge on any atom is -0.386 e. The fourth-order valence-corrected chi connectivity index (χ4v) is 3.09. The van der Waals surface area contributed by atoms with E-state index in [9.17, 15) is 14.3 Å². The molecule has 1 aromatic carbocycles. The van der Waals surface area contributed by atoms with Crippen LogP contribution in [0.25, 0.3) is 0 Å². The van der Waals surface area contributed by atoms with Gasteiger partial charge in [-0.25, -0.2) is 4.39 Å². The maximum absolute atomic E-state index is 13.0. The molecule has 0 spiro atoms. The summed E-state index contributed by atoms with van der Waals surface area (Å²) >= 11 is 0. The molecule has 1 saturated heterocycles. The molecular weight excluding hydrogens is 347 g/mol. The second-order valence-corrected chi connectivity index (χ2v) is 7.19. The number of carbonyl (C=O) groups is 1. The molecule has 0 saturated carbocycles. The standard InChI is InChI=1S/C20H31FN4O2/c1-4-22-20(23-13-18(26)15-5-7-16(21)8-6-15)24-17-9-11-25(12-10-17)19(27)14(2)3/h5-8,14,17-18,26H,4,9-13H2,1-3H3,(H2,22,23,24). The summed E-state index contributed by atoms with van der Waals surface area (Å²) in [5.41, 5.74) is 0.636. The number of nitrogens with one attached hydrogen (secondary N) is 2. The number of benzene rings is 1. The number of rotatable bonds is 6. The molecule has 0 bridgehead atoms. The fraction of sp³-hybridized carbons (Fsp3) is 0.600. The molecule has 1 aliphatic rings. The third kappa shape index (κ3) is 6.50. The number of guanidine groups is 1. The van der Waals surface area contributed by atoms with Crippen molar-refractivity contribution in [3.05, 3.63) is 35.6 Å². The largest absolute Gasteiger partial charge is 0.386 e. The van der Waals surface area contributed by atoms with Crippen molar-refractivity contribution in [3.8, 4) is 0 Å². The predicted molar refractivity (Wildman–Crippen MR) is 105 cm³/mol. The van der Waals surface area contributed by atoms with E-state index in [4.69, 9.17) is 0 Å². The summed E-state index contributed by atoms with van der Waals surface area (Å²) in [6.45, 7) is 8.22. The highest BCUT2D eigenvalue weighted by Crippen LogP contribution is 2.15. The quantitative estimate of drug-likeness (QED) is 0.523. The lowest BCUT2D eigenvalue weighted by Gasteiger charge is -2.34. The van der Waals surface area contributed by atoms with Gasteiger partial charge < -0.3 is 20.6 Å². The monoisotopic (exact) mass is 378 g/mol. The number of likely N-dealkylation sites (tertiary alicyclic amines) is 1. The zero-order chi connectivity index (χ0) is 19.8. The smallest absolute Gasteiger partial charge is 0.225 e. The first-order valence-corrected chi connectivity index (χ1v) is 9.67. The molecular formula is C20H31FN4O2. The number of amides is 1. The lowest BCUT2D eigenvalue weighted by Crippen LogP contribution is -2.50. The van der Waals surface area contributed by atoms with Crippen molar-refractivity contribution in [3.63, 3.8) is 0 Å². The Balaban J connectivity index is 1.88. The van der Waals surface area contributed by atoms with E-state index in [2.05, 4.69) is 15.6 Å². The van der Waals surface area contributed by atoms with Gasteiger partial charge in [0.25, 0.3) is 0 Å². The van der Waals surface area contributed by atoms with E-state index in [1.54, 1.807) is 12.1 Å². The van der Waals surface area contributed by atoms with Crippen LogP contribution in [0.4, 0.5) is 4.39 Å². The van der Waals surface area contributed by atoms with Crippen molar-refractivity contribution >= 4 is 11.9 Å². The average molecular weight is 378 g/mol. The highest BCUT2D eigenvalue weighted by Gasteiger charge is 2.24. The van der Waals surface area contributed by atoms with Crippen LogP contribution in [0, 0.1) is 11.7 Å². The zero-order valence-corrected chi connectivity index (χ0v) is 16.4. The van der Waals surface area contributed by atoms with E-state index < -0.39 is 6.10 Å². The molecule has 1 aliphatic heterocycles. The molecule has 7 heteroatoms. The number of aliphatic hydroxyl groups excluding tert-OH is 1. The molecule has 150 valence electrons. The van der Waals surface area contributed by atoms with Crippen molar-refractivity contribution in [1.29, 1.82) is 0 Å². The summed E-state index contributed by atoms with van der Waals surface area (Å²) in [6, 6.07) is 6.03. The molecule has 1 unspecified atom stereocenters. The van der Waals surface area contributed by atoms with Crippen LogP contribution in [-0.2, 0) is 4.79 Å². The summed E-state index contributed by atoms with van der Waals surface area (Å²) in [6.07, 6.45) is 0.943. The molecule has 0 aliphatic carbocycles. The zero-order valence-electron chi connectivity index (χ0n) is 16.4. The Morgan fingerprint density at radius 1 is 1.30 bits per heavy atom. The third-order valence-electron chi connectivity index (χ3n) is 4.66. The van der Waals surface area contributed by atoms with Gasteiger partial charge in [0.2, 0.25) is 5.91 Å². The molecule has 27 heavy (non-hydrogen) atoms. The number of halogens is 1. The molecule has 1 fully saturated rings. The molecule has 1 atom stereocenters. The van der Waals surface area contributed by atoms with Crippen LogP contribution < -0.4 is 10.6 Å². The Morgan fingerprint density at radius 2 is 1.93 bits per heavy atom. The van der Waals surface area contributed by atoms with Crippen molar-refractivity contribution in [2.75, 3.05) is 26.2 Å². The van der Waals surface area contributed by atoms with Crippen molar-refractivity contribution in [2.24, 2.45) is 10.9 Å². The van der Waals surface area contributed by atoms with E-state index in [0.29, 0.717) is 18.1 Å². The highest BCUT2D eigenvalue weighted by molar-refractivity contribution is 5.80. The number of hydrogen-bond acceptors (Lipinski definition) is 3. The lowest BCUT2D eigenvalue weighted by atomic mass is 10.0. The van der Waals surface area contributed by atoms with E-state index in [0.717, 1.165) is 25.9 Å². The van der Waals surface area contributed by atoms with Gasteiger partial charge in [-0.3, -0.25) is 9.79 Å². The Labute approximate surface area is 160 Å². The van der Waals surface area contributed by atoms with Crippen molar-refractivity contribution < 1.29 is 14.3 Å². The topological polar surface area (TPSA) is 77.0 Å². The van der Waals surface area contributed by atoms with Gasteiger partial charge in [0.05, 0.1) is 12.6 Å². The third-order valence-corrected chi connectivity index (χ3v) is 4.66. The molecule has 0 aromatic heterocycles.